The Morgan fingerprint density at radius 1 is 1.00 bits per heavy atom. The number of carboxylic acid groups (broad SMARTS) is 1. The van der Waals surface area contributed by atoms with Gasteiger partial charge in [0.2, 0.25) is 0 Å². The Labute approximate surface area is 165 Å². The molecule has 0 atom stereocenters. The predicted molar refractivity (Wildman–Crippen MR) is 104 cm³/mol. The van der Waals surface area contributed by atoms with Crippen molar-refractivity contribution < 1.29 is 28.8 Å². The molecule has 1 saturated heterocycles. The van der Waals surface area contributed by atoms with Gasteiger partial charge in [-0.25, -0.2) is 4.79 Å². The van der Waals surface area contributed by atoms with E-state index in [2.05, 4.69) is 0 Å². The van der Waals surface area contributed by atoms with E-state index in [9.17, 15) is 4.79 Å². The minimum atomic E-state index is -1.50. The van der Waals surface area contributed by atoms with E-state index >= 15 is 0 Å². The number of unbranched alkanes of at least 4 members (excludes halogenated alkanes) is 1. The molecule has 6 heteroatoms. The number of hydrogen-bond donors (Lipinski definition) is 1. The number of hydrogen-bond acceptors (Lipinski definition) is 5. The van der Waals surface area contributed by atoms with Gasteiger partial charge in [-0.05, 0) is 55.7 Å². The van der Waals surface area contributed by atoms with Crippen LogP contribution >= 0.6 is 0 Å². The van der Waals surface area contributed by atoms with Crippen molar-refractivity contribution in [1.29, 1.82) is 0 Å². The Morgan fingerprint density at radius 3 is 2.25 bits per heavy atom. The molecule has 3 rings (SSSR count). The summed E-state index contributed by atoms with van der Waals surface area (Å²) >= 11 is 0. The van der Waals surface area contributed by atoms with E-state index in [4.69, 9.17) is 24.1 Å². The van der Waals surface area contributed by atoms with E-state index in [0.717, 1.165) is 36.5 Å². The molecule has 0 unspecified atom stereocenters. The van der Waals surface area contributed by atoms with Gasteiger partial charge in [0, 0.05) is 12.8 Å². The van der Waals surface area contributed by atoms with Crippen LogP contribution in [0.2, 0.25) is 0 Å². The highest BCUT2D eigenvalue weighted by Gasteiger charge is 2.40. The molecular formula is C22H26O6. The van der Waals surface area contributed by atoms with Gasteiger partial charge < -0.3 is 24.1 Å². The summed E-state index contributed by atoms with van der Waals surface area (Å²) in [5, 5.41) is 9.05. The monoisotopic (exact) mass is 386 g/mol. The lowest BCUT2D eigenvalue weighted by molar-refractivity contribution is -0.271. The molecule has 1 N–H and O–H groups in total. The summed E-state index contributed by atoms with van der Waals surface area (Å²) in [6.07, 6.45) is 2.80. The molecule has 6 nitrogen and oxygen atoms in total. The van der Waals surface area contributed by atoms with E-state index in [1.807, 2.05) is 54.6 Å². The molecule has 0 aromatic heterocycles. The van der Waals surface area contributed by atoms with Crippen LogP contribution in [0.1, 0.15) is 26.2 Å². The number of para-hydroxylation sites is 1. The Kier molecular flexibility index (Phi) is 6.90. The van der Waals surface area contributed by atoms with E-state index in [1.165, 1.54) is 6.92 Å². The lowest BCUT2D eigenvalue weighted by atomic mass is 10.0. The molecule has 2 aromatic carbocycles. The van der Waals surface area contributed by atoms with Gasteiger partial charge in [-0.3, -0.25) is 0 Å². The summed E-state index contributed by atoms with van der Waals surface area (Å²) in [7, 11) is 0. The summed E-state index contributed by atoms with van der Waals surface area (Å²) in [5.74, 6) is 0.0128. The first kappa shape index (κ1) is 20.2. The van der Waals surface area contributed by atoms with Crippen molar-refractivity contribution in [3.8, 4) is 17.2 Å². The second kappa shape index (κ2) is 9.57. The number of aliphatic carboxylic acids is 1. The fourth-order valence-corrected chi connectivity index (χ4v) is 2.89. The second-order valence-electron chi connectivity index (χ2n) is 6.97. The maximum Gasteiger partial charge on any atom is 0.364 e. The third-order valence-corrected chi connectivity index (χ3v) is 4.66. The molecule has 0 aliphatic carbocycles. The summed E-state index contributed by atoms with van der Waals surface area (Å²) in [6, 6.07) is 17.2. The number of rotatable bonds is 9. The third kappa shape index (κ3) is 5.71. The number of carbonyl (C=O) groups is 1. The first-order valence-corrected chi connectivity index (χ1v) is 9.52. The molecule has 1 heterocycles. The van der Waals surface area contributed by atoms with Crippen molar-refractivity contribution in [2.45, 2.75) is 32.0 Å². The highest BCUT2D eigenvalue weighted by atomic mass is 16.7. The van der Waals surface area contributed by atoms with Crippen molar-refractivity contribution in [2.75, 3.05) is 19.8 Å². The van der Waals surface area contributed by atoms with Gasteiger partial charge in [0.05, 0.1) is 19.8 Å². The van der Waals surface area contributed by atoms with Crippen LogP contribution in [0.3, 0.4) is 0 Å². The van der Waals surface area contributed by atoms with Crippen molar-refractivity contribution >= 4 is 5.97 Å². The summed E-state index contributed by atoms with van der Waals surface area (Å²) < 4.78 is 22.2. The molecule has 2 aromatic rings. The molecule has 0 radical (unpaired) electrons. The van der Waals surface area contributed by atoms with Gasteiger partial charge in [-0.2, -0.15) is 0 Å². The Bertz CT molecular complexity index is 735. The Morgan fingerprint density at radius 2 is 1.61 bits per heavy atom. The summed E-state index contributed by atoms with van der Waals surface area (Å²) in [5.41, 5.74) is 0. The zero-order chi connectivity index (χ0) is 19.8. The summed E-state index contributed by atoms with van der Waals surface area (Å²) in [4.78, 5) is 11.1. The number of benzene rings is 2. The average Bonchev–Trinajstić information content (AvgIpc) is 2.71. The van der Waals surface area contributed by atoms with Crippen molar-refractivity contribution in [3.63, 3.8) is 0 Å². The molecular weight excluding hydrogens is 360 g/mol. The van der Waals surface area contributed by atoms with Crippen LogP contribution < -0.4 is 9.47 Å². The van der Waals surface area contributed by atoms with Gasteiger partial charge in [-0.1, -0.05) is 18.2 Å². The number of ether oxygens (including phenoxy) is 4. The standard InChI is InChI=1S/C22H26O6/c1-22(21(23)24)26-15-17(16-27-22)7-5-6-14-25-18-10-12-20(13-11-18)28-19-8-3-2-4-9-19/h2-4,8-13,17H,5-7,14-16H2,1H3,(H,23,24). The highest BCUT2D eigenvalue weighted by molar-refractivity contribution is 5.75. The largest absolute Gasteiger partial charge is 0.494 e. The lowest BCUT2D eigenvalue weighted by Gasteiger charge is -2.34. The van der Waals surface area contributed by atoms with Gasteiger partial charge in [0.25, 0.3) is 5.79 Å². The maximum absolute atomic E-state index is 11.1. The van der Waals surface area contributed by atoms with E-state index < -0.39 is 11.8 Å². The van der Waals surface area contributed by atoms with Crippen LogP contribution in [-0.2, 0) is 14.3 Å². The van der Waals surface area contributed by atoms with Crippen LogP contribution in [0.25, 0.3) is 0 Å². The van der Waals surface area contributed by atoms with Crippen molar-refractivity contribution in [3.05, 3.63) is 54.6 Å². The smallest absolute Gasteiger partial charge is 0.364 e. The molecule has 0 bridgehead atoms. The topological polar surface area (TPSA) is 74.2 Å². The third-order valence-electron chi connectivity index (χ3n) is 4.66. The molecule has 0 amide bonds. The van der Waals surface area contributed by atoms with Crippen LogP contribution in [0.4, 0.5) is 0 Å². The normalized spacial score (nSPS) is 21.8. The van der Waals surface area contributed by atoms with Gasteiger partial charge in [0.1, 0.15) is 17.2 Å². The van der Waals surface area contributed by atoms with Crippen LogP contribution in [-0.4, -0.2) is 36.7 Å². The molecule has 1 aliphatic rings. The van der Waals surface area contributed by atoms with Crippen LogP contribution in [0.5, 0.6) is 17.2 Å². The maximum atomic E-state index is 11.1. The predicted octanol–water partition coefficient (Wildman–Crippen LogP) is 4.49. The van der Waals surface area contributed by atoms with Crippen LogP contribution in [0.15, 0.2) is 54.6 Å². The molecule has 0 saturated carbocycles. The highest BCUT2D eigenvalue weighted by Crippen LogP contribution is 2.25. The molecule has 0 spiro atoms. The Hall–Kier alpha value is -2.57. The molecule has 28 heavy (non-hydrogen) atoms. The minimum absolute atomic E-state index is 0.224. The average molecular weight is 386 g/mol. The SMILES string of the molecule is CC1(C(=O)O)OCC(CCCCOc2ccc(Oc3ccccc3)cc2)CO1. The van der Waals surface area contributed by atoms with E-state index in [-0.39, 0.29) is 5.92 Å². The fourth-order valence-electron chi connectivity index (χ4n) is 2.89. The quantitative estimate of drug-likeness (QED) is 0.640. The van der Waals surface area contributed by atoms with Gasteiger partial charge in [0.15, 0.2) is 0 Å². The Balaban J connectivity index is 1.31. The number of carboxylic acids is 1. The van der Waals surface area contributed by atoms with Crippen LogP contribution in [0, 0.1) is 5.92 Å². The van der Waals surface area contributed by atoms with E-state index in [1.54, 1.807) is 0 Å². The zero-order valence-electron chi connectivity index (χ0n) is 16.0. The van der Waals surface area contributed by atoms with Gasteiger partial charge >= 0.3 is 5.97 Å². The van der Waals surface area contributed by atoms with E-state index in [0.29, 0.717) is 19.8 Å². The first-order chi connectivity index (χ1) is 13.5. The second-order valence-corrected chi connectivity index (χ2v) is 6.97. The minimum Gasteiger partial charge on any atom is -0.494 e. The van der Waals surface area contributed by atoms with Gasteiger partial charge in [-0.15, -0.1) is 0 Å². The van der Waals surface area contributed by atoms with Crippen molar-refractivity contribution in [2.24, 2.45) is 5.92 Å². The first-order valence-electron chi connectivity index (χ1n) is 9.52. The lowest BCUT2D eigenvalue weighted by Crippen LogP contribution is -2.47. The molecule has 1 aliphatic heterocycles. The zero-order valence-corrected chi connectivity index (χ0v) is 16.0. The van der Waals surface area contributed by atoms with Crippen molar-refractivity contribution in [1.82, 2.24) is 0 Å². The molecule has 150 valence electrons. The summed E-state index contributed by atoms with van der Waals surface area (Å²) in [6.45, 7) is 2.88. The fraction of sp³-hybridized carbons (Fsp3) is 0.409. The molecule has 1 fully saturated rings.